The molecule has 9 rings (SSSR count). The van der Waals surface area contributed by atoms with Crippen LogP contribution in [0, 0.1) is 23.2 Å². The predicted molar refractivity (Wildman–Crippen MR) is 265 cm³/mol. The number of cyclic esters (lactones) is 1. The van der Waals surface area contributed by atoms with Gasteiger partial charge >= 0.3 is 5.97 Å². The molecule has 7 heterocycles. The Morgan fingerprint density at radius 2 is 1.90 bits per heavy atom. The Bertz CT molecular complexity index is 2500. The Morgan fingerprint density at radius 3 is 2.65 bits per heavy atom. The van der Waals surface area contributed by atoms with Crippen molar-refractivity contribution in [3.63, 3.8) is 0 Å². The number of piperidine rings is 1. The van der Waals surface area contributed by atoms with Gasteiger partial charge in [0.1, 0.15) is 23.2 Å². The summed E-state index contributed by atoms with van der Waals surface area (Å²) in [5.41, 5.74) is 10.6. The predicted octanol–water partition coefficient (Wildman–Crippen LogP) is 7.62. The smallest absolute Gasteiger partial charge is 0.324 e. The van der Waals surface area contributed by atoms with Gasteiger partial charge in [0.25, 0.3) is 5.91 Å². The van der Waals surface area contributed by atoms with E-state index in [0.29, 0.717) is 55.9 Å². The first-order valence-electron chi connectivity index (χ1n) is 25.4. The summed E-state index contributed by atoms with van der Waals surface area (Å²) in [6.45, 7) is 21.9. The SMILES string of the molecule is CCO[C@@H]1c2nc(cs2)-c2ccc3c(c2)c(c(-c2cc([C@@H]4CCN5CCOC[C@@H]5C4)cnc2[C@H](C)OC)n3CCOC(C)C)CC(C)(C)COC(=O)[C@@H]2CCCN(N2)C(=O)[C@H]1NC(=O)[C@H]1[C@H](C)[C@@H]1C. The maximum atomic E-state index is 14.7. The molecular formula is C53H73N7O8S. The number of pyridine rings is 1. The first kappa shape index (κ1) is 49.7. The molecular weight excluding hydrogens is 895 g/mol. The summed E-state index contributed by atoms with van der Waals surface area (Å²) in [5, 5.41) is 8.23. The minimum absolute atomic E-state index is 0.0452. The average molecular weight is 968 g/mol. The number of fused-ring (bicyclic) bond motifs is 7. The third-order valence-electron chi connectivity index (χ3n) is 15.4. The minimum atomic E-state index is -1.09. The molecule has 1 saturated carbocycles. The molecule has 1 aliphatic carbocycles. The number of aromatic nitrogens is 3. The largest absolute Gasteiger partial charge is 0.464 e. The van der Waals surface area contributed by atoms with Crippen molar-refractivity contribution < 1.29 is 38.1 Å². The van der Waals surface area contributed by atoms with E-state index in [9.17, 15) is 14.4 Å². The minimum Gasteiger partial charge on any atom is -0.464 e. The second-order valence-electron chi connectivity index (χ2n) is 21.1. The first-order chi connectivity index (χ1) is 33.2. The first-order valence-corrected chi connectivity index (χ1v) is 26.3. The van der Waals surface area contributed by atoms with E-state index in [1.54, 1.807) is 7.11 Å². The number of hydrogen-bond acceptors (Lipinski definition) is 13. The van der Waals surface area contributed by atoms with E-state index in [2.05, 4.69) is 99.1 Å². The number of nitrogens with one attached hydrogen (secondary N) is 2. The summed E-state index contributed by atoms with van der Waals surface area (Å²) in [6.07, 6.45) is 4.62. The molecule has 0 radical (unpaired) electrons. The number of carbonyl (C=O) groups is 3. The van der Waals surface area contributed by atoms with Gasteiger partial charge in [-0.3, -0.25) is 29.3 Å². The number of methoxy groups -OCH3 is 1. The van der Waals surface area contributed by atoms with Crippen LogP contribution in [0.3, 0.4) is 0 Å². The second kappa shape index (κ2) is 20.8. The maximum absolute atomic E-state index is 14.7. The molecule has 2 amide bonds. The van der Waals surface area contributed by atoms with Crippen LogP contribution in [0.5, 0.6) is 0 Å². The average Bonchev–Trinajstić information content (AvgIpc) is 3.60. The van der Waals surface area contributed by atoms with Crippen LogP contribution >= 0.6 is 11.3 Å². The fourth-order valence-corrected chi connectivity index (χ4v) is 12.1. The molecule has 3 aromatic heterocycles. The van der Waals surface area contributed by atoms with Crippen LogP contribution in [0.2, 0.25) is 0 Å². The Kier molecular flexibility index (Phi) is 15.0. The van der Waals surface area contributed by atoms with E-state index < -0.39 is 29.6 Å². The standard InChI is InChI=1S/C53H73N7O8S/c1-10-66-48-46(56-49(61)44-31(4)32(44)5)51(62)60-16-11-12-41(57-60)52(63)68-29-53(7,8)25-40-38-23-35(42-28-69-50(48)55-42)13-14-43(38)59(19-21-67-30(2)3)47(40)39-24-36(26-54-45(39)33(6)64-9)34-15-17-58-18-20-65-27-37(58)22-34/h13-14,23-24,26,28,30-34,37,41,44,46,48,57H,10-12,15-22,25,27,29H2,1-9H3,(H,56,61)/t31-,32+,33-,34+,37-,41-,44+,46-,48-/m0/s1. The number of benzene rings is 1. The topological polar surface area (TPSA) is 159 Å². The number of hydrogen-bond donors (Lipinski definition) is 2. The van der Waals surface area contributed by atoms with Crippen LogP contribution in [-0.4, -0.2) is 126 Å². The molecule has 3 saturated heterocycles. The van der Waals surface area contributed by atoms with Crippen LogP contribution < -0.4 is 10.7 Å². The van der Waals surface area contributed by atoms with Crippen LogP contribution in [0.1, 0.15) is 121 Å². The summed E-state index contributed by atoms with van der Waals surface area (Å²) in [5.74, 6) is -0.461. The van der Waals surface area contributed by atoms with Crippen LogP contribution in [0.4, 0.5) is 0 Å². The van der Waals surface area contributed by atoms with Gasteiger partial charge in [0.2, 0.25) is 5.91 Å². The van der Waals surface area contributed by atoms with Gasteiger partial charge in [-0.1, -0.05) is 33.8 Å². The third-order valence-corrected chi connectivity index (χ3v) is 16.3. The molecule has 5 aliphatic rings. The van der Waals surface area contributed by atoms with Gasteiger partial charge in [-0.25, -0.2) is 10.4 Å². The molecule has 16 heteroatoms. The lowest BCUT2D eigenvalue weighted by molar-refractivity contribution is -0.156. The number of rotatable bonds is 12. The molecule has 4 aromatic rings. The molecule has 2 N–H and O–H groups in total. The van der Waals surface area contributed by atoms with E-state index in [1.807, 2.05) is 12.3 Å². The zero-order valence-electron chi connectivity index (χ0n) is 42.0. The number of hydrazine groups is 1. The van der Waals surface area contributed by atoms with E-state index in [0.717, 1.165) is 83.8 Å². The highest BCUT2D eigenvalue weighted by molar-refractivity contribution is 7.10. The van der Waals surface area contributed by atoms with Crippen LogP contribution in [0.25, 0.3) is 33.4 Å². The molecule has 4 fully saturated rings. The highest BCUT2D eigenvalue weighted by atomic mass is 32.1. The lowest BCUT2D eigenvalue weighted by Crippen LogP contribution is -2.61. The molecule has 0 spiro atoms. The maximum Gasteiger partial charge on any atom is 0.324 e. The number of morpholine rings is 1. The van der Waals surface area contributed by atoms with Crippen molar-refractivity contribution in [1.29, 1.82) is 0 Å². The van der Waals surface area contributed by atoms with Gasteiger partial charge in [-0.15, -0.1) is 11.3 Å². The zero-order valence-corrected chi connectivity index (χ0v) is 42.9. The monoisotopic (exact) mass is 968 g/mol. The Morgan fingerprint density at radius 1 is 1.09 bits per heavy atom. The molecule has 15 nitrogen and oxygen atoms in total. The number of carbonyl (C=O) groups excluding carboxylic acids is 3. The number of ether oxygens (including phenoxy) is 5. The van der Waals surface area contributed by atoms with Crippen molar-refractivity contribution in [2.24, 2.45) is 23.2 Å². The van der Waals surface area contributed by atoms with E-state index in [4.69, 9.17) is 33.7 Å². The quantitative estimate of drug-likeness (QED) is 0.134. The Labute approximate surface area is 411 Å². The number of esters is 1. The number of thiazole rings is 1. The van der Waals surface area contributed by atoms with Crippen LogP contribution in [-0.2, 0) is 51.0 Å². The van der Waals surface area contributed by atoms with Crippen molar-refractivity contribution in [1.82, 2.24) is 35.2 Å². The third kappa shape index (κ3) is 10.4. The van der Waals surface area contributed by atoms with E-state index in [-0.39, 0.29) is 55.0 Å². The van der Waals surface area contributed by atoms with Crippen molar-refractivity contribution in [3.8, 4) is 22.5 Å². The van der Waals surface area contributed by atoms with Gasteiger partial charge in [-0.2, -0.15) is 0 Å². The van der Waals surface area contributed by atoms with Crippen molar-refractivity contribution in [2.45, 2.75) is 136 Å². The summed E-state index contributed by atoms with van der Waals surface area (Å²) in [7, 11) is 1.73. The van der Waals surface area contributed by atoms with Gasteiger partial charge < -0.3 is 33.6 Å². The number of amides is 2. The molecule has 9 atom stereocenters. The molecule has 69 heavy (non-hydrogen) atoms. The molecule has 6 bridgehead atoms. The van der Waals surface area contributed by atoms with Gasteiger partial charge in [0, 0.05) is 84.3 Å². The normalized spacial score (nSPS) is 28.0. The highest BCUT2D eigenvalue weighted by Crippen LogP contribution is 2.47. The van der Waals surface area contributed by atoms with Gasteiger partial charge in [-0.05, 0) is 113 Å². The second-order valence-corrected chi connectivity index (χ2v) is 22.0. The number of nitrogens with zero attached hydrogens (tertiary/aromatic N) is 5. The summed E-state index contributed by atoms with van der Waals surface area (Å²) >= 11 is 1.41. The van der Waals surface area contributed by atoms with Gasteiger partial charge in [0.05, 0.1) is 55.7 Å². The Balaban J connectivity index is 1.21. The fourth-order valence-electron chi connectivity index (χ4n) is 11.2. The van der Waals surface area contributed by atoms with E-state index in [1.165, 1.54) is 21.9 Å². The summed E-state index contributed by atoms with van der Waals surface area (Å²) < 4.78 is 33.4. The molecule has 4 aliphatic heterocycles. The summed E-state index contributed by atoms with van der Waals surface area (Å²) in [4.78, 5) is 55.8. The van der Waals surface area contributed by atoms with Crippen molar-refractivity contribution in [3.05, 3.63) is 57.7 Å². The lowest BCUT2D eigenvalue weighted by Gasteiger charge is -2.42. The Hall–Kier alpha value is -4.29. The highest BCUT2D eigenvalue weighted by Gasteiger charge is 2.50. The summed E-state index contributed by atoms with van der Waals surface area (Å²) in [6, 6.07) is 7.42. The molecule has 374 valence electrons. The van der Waals surface area contributed by atoms with Crippen LogP contribution in [0.15, 0.2) is 35.8 Å². The molecule has 0 unspecified atom stereocenters. The molecule has 1 aromatic carbocycles. The zero-order chi connectivity index (χ0) is 48.7. The van der Waals surface area contributed by atoms with Crippen molar-refractivity contribution >= 4 is 40.0 Å². The fraction of sp³-hybridized carbons (Fsp3) is 0.642. The van der Waals surface area contributed by atoms with Crippen molar-refractivity contribution in [2.75, 3.05) is 59.8 Å². The van der Waals surface area contributed by atoms with E-state index >= 15 is 0 Å². The van der Waals surface area contributed by atoms with Gasteiger partial charge in [0.15, 0.2) is 0 Å². The lowest BCUT2D eigenvalue weighted by atomic mass is 9.82.